The highest BCUT2D eigenvalue weighted by molar-refractivity contribution is 7.80. The van der Waals surface area contributed by atoms with Crippen LogP contribution in [-0.4, -0.2) is 18.1 Å². The van der Waals surface area contributed by atoms with Crippen LogP contribution < -0.4 is 20.7 Å². The molecule has 1 amide bonds. The summed E-state index contributed by atoms with van der Waals surface area (Å²) in [4.78, 5) is 13.1. The topological polar surface area (TPSA) is 62.4 Å². The maximum atomic E-state index is 13.1. The van der Waals surface area contributed by atoms with Crippen LogP contribution in [0.15, 0.2) is 54.7 Å². The van der Waals surface area contributed by atoms with Gasteiger partial charge in [0.2, 0.25) is 5.91 Å². The van der Waals surface area contributed by atoms with Crippen LogP contribution in [0.4, 0.5) is 5.69 Å². The van der Waals surface area contributed by atoms with Gasteiger partial charge in [-0.25, -0.2) is 0 Å². The SMILES string of the molecule is C=C1NC(=S)N[C@@H](c2cccc(OC)c2)[C@@H]1C(=O)Nc1ccc(C)c(C)c1. The first-order valence-corrected chi connectivity index (χ1v) is 9.08. The van der Waals surface area contributed by atoms with Crippen molar-refractivity contribution in [3.63, 3.8) is 0 Å². The molecule has 6 heteroatoms. The lowest BCUT2D eigenvalue weighted by atomic mass is 9.88. The van der Waals surface area contributed by atoms with Crippen molar-refractivity contribution in [1.82, 2.24) is 10.6 Å². The van der Waals surface area contributed by atoms with E-state index in [1.54, 1.807) is 7.11 Å². The number of aryl methyl sites for hydroxylation is 2. The van der Waals surface area contributed by atoms with Crippen LogP contribution in [-0.2, 0) is 4.79 Å². The number of anilines is 1. The van der Waals surface area contributed by atoms with E-state index in [1.807, 2.05) is 56.3 Å². The van der Waals surface area contributed by atoms with Gasteiger partial charge in [0, 0.05) is 11.4 Å². The molecular formula is C21H23N3O2S. The van der Waals surface area contributed by atoms with Crippen molar-refractivity contribution in [2.75, 3.05) is 12.4 Å². The van der Waals surface area contributed by atoms with E-state index in [4.69, 9.17) is 17.0 Å². The number of thiocarbonyl (C=S) groups is 1. The summed E-state index contributed by atoms with van der Waals surface area (Å²) in [7, 11) is 1.61. The van der Waals surface area contributed by atoms with Gasteiger partial charge in [0.1, 0.15) is 11.7 Å². The number of rotatable bonds is 4. The number of ether oxygens (including phenoxy) is 1. The maximum Gasteiger partial charge on any atom is 0.235 e. The molecule has 1 aliphatic heterocycles. The van der Waals surface area contributed by atoms with Gasteiger partial charge in [-0.05, 0) is 67.0 Å². The number of amides is 1. The van der Waals surface area contributed by atoms with Gasteiger partial charge in [-0.2, -0.15) is 0 Å². The largest absolute Gasteiger partial charge is 0.497 e. The third kappa shape index (κ3) is 4.11. The zero-order valence-corrected chi connectivity index (χ0v) is 16.4. The van der Waals surface area contributed by atoms with Gasteiger partial charge >= 0.3 is 0 Å². The highest BCUT2D eigenvalue weighted by atomic mass is 32.1. The fourth-order valence-corrected chi connectivity index (χ4v) is 3.40. The lowest BCUT2D eigenvalue weighted by Gasteiger charge is -2.35. The summed E-state index contributed by atoms with van der Waals surface area (Å²) < 4.78 is 5.32. The zero-order chi connectivity index (χ0) is 19.6. The van der Waals surface area contributed by atoms with E-state index in [0.29, 0.717) is 10.8 Å². The summed E-state index contributed by atoms with van der Waals surface area (Å²) in [5.74, 6) is 0.0293. The molecule has 0 radical (unpaired) electrons. The van der Waals surface area contributed by atoms with Crippen molar-refractivity contribution >= 4 is 28.9 Å². The Morgan fingerprint density at radius 1 is 1.19 bits per heavy atom. The normalized spacial score (nSPS) is 19.1. The van der Waals surface area contributed by atoms with Crippen molar-refractivity contribution < 1.29 is 9.53 Å². The third-order valence-corrected chi connectivity index (χ3v) is 5.00. The molecule has 1 heterocycles. The molecule has 1 fully saturated rings. The molecule has 27 heavy (non-hydrogen) atoms. The number of carbonyl (C=O) groups is 1. The van der Waals surface area contributed by atoms with Gasteiger partial charge < -0.3 is 20.7 Å². The zero-order valence-electron chi connectivity index (χ0n) is 15.6. The van der Waals surface area contributed by atoms with Crippen LogP contribution in [0.1, 0.15) is 22.7 Å². The molecule has 140 valence electrons. The van der Waals surface area contributed by atoms with E-state index >= 15 is 0 Å². The van der Waals surface area contributed by atoms with E-state index in [1.165, 1.54) is 5.56 Å². The quantitative estimate of drug-likeness (QED) is 0.707. The number of carbonyl (C=O) groups excluding carboxylic acids is 1. The van der Waals surface area contributed by atoms with E-state index in [9.17, 15) is 4.79 Å². The summed E-state index contributed by atoms with van der Waals surface area (Å²) in [5, 5.41) is 9.62. The summed E-state index contributed by atoms with van der Waals surface area (Å²) in [6, 6.07) is 13.1. The Bertz CT molecular complexity index is 910. The van der Waals surface area contributed by atoms with Crippen LogP contribution >= 0.6 is 12.2 Å². The van der Waals surface area contributed by atoms with Crippen molar-refractivity contribution in [1.29, 1.82) is 0 Å². The van der Waals surface area contributed by atoms with E-state index in [-0.39, 0.29) is 11.9 Å². The summed E-state index contributed by atoms with van der Waals surface area (Å²) in [6.45, 7) is 8.09. The van der Waals surface area contributed by atoms with Gasteiger partial charge in [-0.15, -0.1) is 0 Å². The number of methoxy groups -OCH3 is 1. The van der Waals surface area contributed by atoms with Crippen LogP contribution in [0.25, 0.3) is 0 Å². The standard InChI is InChI=1S/C21H23N3O2S/c1-12-8-9-16(10-13(12)2)23-20(25)18-14(3)22-21(27)24-19(18)15-6-5-7-17(11-15)26-4/h5-11,18-19H,3H2,1-2,4H3,(H,23,25)(H2,22,24,27)/t18-,19+/m1/s1. The van der Waals surface area contributed by atoms with Crippen LogP contribution in [0.5, 0.6) is 5.75 Å². The molecule has 3 rings (SSSR count). The Balaban J connectivity index is 1.90. The average molecular weight is 382 g/mol. The van der Waals surface area contributed by atoms with E-state index in [0.717, 1.165) is 22.6 Å². The minimum absolute atomic E-state index is 0.154. The number of nitrogens with one attached hydrogen (secondary N) is 3. The molecule has 2 atom stereocenters. The predicted molar refractivity (Wildman–Crippen MR) is 112 cm³/mol. The molecule has 5 nitrogen and oxygen atoms in total. The molecule has 2 aromatic rings. The first-order chi connectivity index (χ1) is 12.9. The minimum atomic E-state index is -0.537. The lowest BCUT2D eigenvalue weighted by Crippen LogP contribution is -2.51. The minimum Gasteiger partial charge on any atom is -0.497 e. The fourth-order valence-electron chi connectivity index (χ4n) is 3.14. The first-order valence-electron chi connectivity index (χ1n) is 8.67. The van der Waals surface area contributed by atoms with Gasteiger partial charge in [0.05, 0.1) is 13.2 Å². The second kappa shape index (κ2) is 7.80. The summed E-state index contributed by atoms with van der Waals surface area (Å²) in [6.07, 6.45) is 0. The van der Waals surface area contributed by atoms with Gasteiger partial charge in [-0.1, -0.05) is 24.8 Å². The Hall–Kier alpha value is -2.86. The Morgan fingerprint density at radius 2 is 1.96 bits per heavy atom. The van der Waals surface area contributed by atoms with Crippen LogP contribution in [0.2, 0.25) is 0 Å². The second-order valence-electron chi connectivity index (χ2n) is 6.64. The number of benzene rings is 2. The average Bonchev–Trinajstić information content (AvgIpc) is 2.64. The molecule has 0 spiro atoms. The predicted octanol–water partition coefficient (Wildman–Crippen LogP) is 3.60. The van der Waals surface area contributed by atoms with E-state index in [2.05, 4.69) is 22.5 Å². The molecule has 0 saturated carbocycles. The summed E-state index contributed by atoms with van der Waals surface area (Å²) >= 11 is 5.28. The molecular weight excluding hydrogens is 358 g/mol. The van der Waals surface area contributed by atoms with Crippen molar-refractivity contribution in [3.05, 3.63) is 71.4 Å². The molecule has 0 aromatic heterocycles. The van der Waals surface area contributed by atoms with Crippen molar-refractivity contribution in [2.45, 2.75) is 19.9 Å². The number of hydrogen-bond donors (Lipinski definition) is 3. The second-order valence-corrected chi connectivity index (χ2v) is 7.05. The van der Waals surface area contributed by atoms with Gasteiger partial charge in [0.25, 0.3) is 0 Å². The maximum absolute atomic E-state index is 13.1. The van der Waals surface area contributed by atoms with E-state index < -0.39 is 5.92 Å². The van der Waals surface area contributed by atoms with Crippen LogP contribution in [0.3, 0.4) is 0 Å². The van der Waals surface area contributed by atoms with Crippen molar-refractivity contribution in [3.8, 4) is 5.75 Å². The lowest BCUT2D eigenvalue weighted by molar-refractivity contribution is -0.119. The first kappa shape index (κ1) is 18.9. The van der Waals surface area contributed by atoms with Crippen LogP contribution in [0, 0.1) is 19.8 Å². The highest BCUT2D eigenvalue weighted by Crippen LogP contribution is 2.32. The highest BCUT2D eigenvalue weighted by Gasteiger charge is 2.36. The molecule has 3 N–H and O–H groups in total. The molecule has 0 unspecified atom stereocenters. The smallest absolute Gasteiger partial charge is 0.235 e. The van der Waals surface area contributed by atoms with Gasteiger partial charge in [-0.3, -0.25) is 4.79 Å². The Morgan fingerprint density at radius 3 is 2.67 bits per heavy atom. The summed E-state index contributed by atoms with van der Waals surface area (Å²) in [5.41, 5.74) is 4.52. The molecule has 2 aromatic carbocycles. The Kier molecular flexibility index (Phi) is 5.46. The third-order valence-electron chi connectivity index (χ3n) is 4.78. The van der Waals surface area contributed by atoms with Gasteiger partial charge in [0.15, 0.2) is 5.11 Å². The number of hydrogen-bond acceptors (Lipinski definition) is 3. The molecule has 0 aliphatic carbocycles. The molecule has 1 saturated heterocycles. The molecule has 0 bridgehead atoms. The van der Waals surface area contributed by atoms with Crippen molar-refractivity contribution in [2.24, 2.45) is 5.92 Å². The fraction of sp³-hybridized carbons (Fsp3) is 0.238. The molecule has 1 aliphatic rings. The Labute approximate surface area is 164 Å². The monoisotopic (exact) mass is 381 g/mol.